The number of thiophene rings is 1. The first-order valence-corrected chi connectivity index (χ1v) is 11.1. The van der Waals surface area contributed by atoms with E-state index in [1.165, 1.54) is 20.8 Å². The highest BCUT2D eigenvalue weighted by atomic mass is 79.9. The number of unbranched alkanes of at least 4 members (excludes halogenated alkanes) is 2. The second-order valence-electron chi connectivity index (χ2n) is 6.04. The zero-order valence-corrected chi connectivity index (χ0v) is 19.2. The molecule has 0 aliphatic carbocycles. The number of hydrogen-bond donors (Lipinski definition) is 2. The zero-order chi connectivity index (χ0) is 20.1. The predicted octanol–water partition coefficient (Wildman–Crippen LogP) is 3.95. The van der Waals surface area contributed by atoms with Crippen LogP contribution in [0.1, 0.15) is 49.2 Å². The van der Waals surface area contributed by atoms with E-state index in [0.717, 1.165) is 27.5 Å². The van der Waals surface area contributed by atoms with Gasteiger partial charge in [-0.25, -0.2) is 4.79 Å². The molecule has 10 heteroatoms. The highest BCUT2D eigenvalue weighted by Gasteiger charge is 2.26. The van der Waals surface area contributed by atoms with Crippen LogP contribution in [0, 0.1) is 0 Å². The molecule has 0 saturated carbocycles. The van der Waals surface area contributed by atoms with Crippen molar-refractivity contribution in [3.63, 3.8) is 0 Å². The monoisotopic (exact) mass is 520 g/mol. The van der Waals surface area contributed by atoms with Gasteiger partial charge < -0.3 is 5.73 Å². The van der Waals surface area contributed by atoms with Crippen LogP contribution in [0.25, 0.3) is 0 Å². The molecule has 27 heavy (non-hydrogen) atoms. The third kappa shape index (κ3) is 4.91. The summed E-state index contributed by atoms with van der Waals surface area (Å²) in [5, 5.41) is 0. The third-order valence-corrected chi connectivity index (χ3v) is 7.30. The van der Waals surface area contributed by atoms with Crippen molar-refractivity contribution >= 4 is 60.6 Å². The van der Waals surface area contributed by atoms with Gasteiger partial charge in [-0.2, -0.15) is 0 Å². The number of anilines is 2. The summed E-state index contributed by atoms with van der Waals surface area (Å²) >= 11 is 8.03. The van der Waals surface area contributed by atoms with Crippen LogP contribution in [-0.2, 0) is 6.54 Å². The maximum absolute atomic E-state index is 13.1. The van der Waals surface area contributed by atoms with Crippen molar-refractivity contribution in [1.82, 2.24) is 9.55 Å². The van der Waals surface area contributed by atoms with Crippen molar-refractivity contribution in [2.24, 2.45) is 0 Å². The minimum Gasteiger partial charge on any atom is -0.383 e. The Labute approximate surface area is 177 Å². The molecule has 0 radical (unpaired) electrons. The molecule has 148 valence electrons. The summed E-state index contributed by atoms with van der Waals surface area (Å²) in [6.45, 7) is 4.72. The number of nitrogens with zero attached hydrogens (tertiary/aromatic N) is 2. The molecule has 2 heterocycles. The highest BCUT2D eigenvalue weighted by molar-refractivity contribution is 9.13. The Hall–Kier alpha value is -1.39. The Balaban J connectivity index is 2.57. The Morgan fingerprint density at radius 2 is 1.93 bits per heavy atom. The molecule has 7 nitrogen and oxygen atoms in total. The van der Waals surface area contributed by atoms with Gasteiger partial charge in [0.1, 0.15) is 5.82 Å². The third-order valence-electron chi connectivity index (χ3n) is 4.06. The van der Waals surface area contributed by atoms with Crippen molar-refractivity contribution in [3.8, 4) is 0 Å². The van der Waals surface area contributed by atoms with Crippen molar-refractivity contribution < 1.29 is 4.79 Å². The van der Waals surface area contributed by atoms with Gasteiger partial charge in [-0.3, -0.25) is 24.0 Å². The number of hydrogen-bond acceptors (Lipinski definition) is 5. The van der Waals surface area contributed by atoms with Gasteiger partial charge in [0.25, 0.3) is 11.5 Å². The molecule has 0 saturated heterocycles. The number of aromatic nitrogens is 2. The largest absolute Gasteiger partial charge is 0.383 e. The number of carbonyl (C=O) groups excluding carboxylic acids is 1. The maximum Gasteiger partial charge on any atom is 0.330 e. The lowest BCUT2D eigenvalue weighted by molar-refractivity contribution is 0.0990. The number of nitrogens with two attached hydrogens (primary N) is 1. The fraction of sp³-hybridized carbons (Fsp3) is 0.471. The van der Waals surface area contributed by atoms with Gasteiger partial charge in [0.15, 0.2) is 5.69 Å². The SMILES string of the molecule is CCCCN(C(=O)c1cc(Br)c(Br)s1)c1c(N)n(CCCC)c(=O)[nH]c1=O. The molecule has 1 amide bonds. The molecule has 0 aliphatic rings. The molecular weight excluding hydrogens is 500 g/mol. The minimum atomic E-state index is -0.649. The van der Waals surface area contributed by atoms with Crippen molar-refractivity contribution in [2.45, 2.75) is 46.1 Å². The smallest absolute Gasteiger partial charge is 0.330 e. The number of nitrogens with one attached hydrogen (secondary N) is 1. The molecular formula is C17H22Br2N4O3S. The van der Waals surface area contributed by atoms with Crippen LogP contribution < -0.4 is 21.9 Å². The summed E-state index contributed by atoms with van der Waals surface area (Å²) in [5.41, 5.74) is 5.01. The van der Waals surface area contributed by atoms with Crippen LogP contribution >= 0.6 is 43.2 Å². The van der Waals surface area contributed by atoms with Crippen molar-refractivity contribution in [2.75, 3.05) is 17.2 Å². The molecule has 0 bridgehead atoms. The normalized spacial score (nSPS) is 11.0. The van der Waals surface area contributed by atoms with Gasteiger partial charge >= 0.3 is 5.69 Å². The second kappa shape index (κ2) is 9.70. The predicted molar refractivity (Wildman–Crippen MR) is 117 cm³/mol. The number of aromatic amines is 1. The van der Waals surface area contributed by atoms with Crippen molar-refractivity contribution in [3.05, 3.63) is 40.0 Å². The Morgan fingerprint density at radius 3 is 2.48 bits per heavy atom. The molecule has 2 rings (SSSR count). The maximum atomic E-state index is 13.1. The summed E-state index contributed by atoms with van der Waals surface area (Å²) in [6.07, 6.45) is 3.15. The Kier molecular flexibility index (Phi) is 7.87. The first kappa shape index (κ1) is 21.9. The average Bonchev–Trinajstić information content (AvgIpc) is 2.95. The Morgan fingerprint density at radius 1 is 1.26 bits per heavy atom. The van der Waals surface area contributed by atoms with Gasteiger partial charge in [-0.05, 0) is 50.8 Å². The summed E-state index contributed by atoms with van der Waals surface area (Å²) in [6, 6.07) is 1.70. The first-order chi connectivity index (χ1) is 12.8. The molecule has 0 spiro atoms. The van der Waals surface area contributed by atoms with Crippen molar-refractivity contribution in [1.29, 1.82) is 0 Å². The number of carbonyl (C=O) groups is 1. The van der Waals surface area contributed by atoms with E-state index in [-0.39, 0.29) is 17.4 Å². The molecule has 3 N–H and O–H groups in total. The lowest BCUT2D eigenvalue weighted by atomic mass is 10.2. The zero-order valence-electron chi connectivity index (χ0n) is 15.2. The van der Waals surface area contributed by atoms with Gasteiger partial charge in [0.05, 0.1) is 8.66 Å². The van der Waals surface area contributed by atoms with Crippen LogP contribution in [0.4, 0.5) is 11.5 Å². The van der Waals surface area contributed by atoms with E-state index < -0.39 is 11.2 Å². The quantitative estimate of drug-likeness (QED) is 0.549. The summed E-state index contributed by atoms with van der Waals surface area (Å²) < 4.78 is 2.88. The summed E-state index contributed by atoms with van der Waals surface area (Å²) in [7, 11) is 0. The van der Waals surface area contributed by atoms with Crippen LogP contribution in [0.3, 0.4) is 0 Å². The highest BCUT2D eigenvalue weighted by Crippen LogP contribution is 2.34. The lowest BCUT2D eigenvalue weighted by Gasteiger charge is -2.24. The van der Waals surface area contributed by atoms with E-state index in [1.807, 2.05) is 13.8 Å². The molecule has 0 atom stereocenters. The van der Waals surface area contributed by atoms with E-state index in [2.05, 4.69) is 36.8 Å². The average molecular weight is 522 g/mol. The lowest BCUT2D eigenvalue weighted by Crippen LogP contribution is -2.41. The molecule has 2 aromatic heterocycles. The van der Waals surface area contributed by atoms with Gasteiger partial charge in [0.2, 0.25) is 0 Å². The van der Waals surface area contributed by atoms with Crippen LogP contribution in [0.15, 0.2) is 23.9 Å². The number of rotatable bonds is 8. The fourth-order valence-corrected chi connectivity index (χ4v) is 4.58. The van der Waals surface area contributed by atoms with E-state index in [4.69, 9.17) is 5.73 Å². The summed E-state index contributed by atoms with van der Waals surface area (Å²) in [4.78, 5) is 42.0. The van der Waals surface area contributed by atoms with Gasteiger partial charge in [-0.1, -0.05) is 26.7 Å². The van der Waals surface area contributed by atoms with Gasteiger partial charge in [0, 0.05) is 17.6 Å². The summed E-state index contributed by atoms with van der Waals surface area (Å²) in [5.74, 6) is -0.297. The topological polar surface area (TPSA) is 101 Å². The van der Waals surface area contributed by atoms with E-state index in [9.17, 15) is 14.4 Å². The second-order valence-corrected chi connectivity index (χ2v) is 9.27. The minimum absolute atomic E-state index is 0.0244. The molecule has 0 aromatic carbocycles. The van der Waals surface area contributed by atoms with E-state index >= 15 is 0 Å². The van der Waals surface area contributed by atoms with Crippen LogP contribution in [0.2, 0.25) is 0 Å². The number of amides is 1. The molecule has 0 unspecified atom stereocenters. The first-order valence-electron chi connectivity index (χ1n) is 8.71. The molecule has 0 aliphatic heterocycles. The standard InChI is InChI=1S/C17H22Br2N4O3S/c1-3-5-7-22(16(25)11-9-10(18)13(19)27-11)12-14(20)23(8-6-4-2)17(26)21-15(12)24/h9H,3-8,20H2,1-2H3,(H,21,24,26). The van der Waals surface area contributed by atoms with Gasteiger partial charge in [-0.15, -0.1) is 11.3 Å². The van der Waals surface area contributed by atoms with Crippen LogP contribution in [0.5, 0.6) is 0 Å². The molecule has 0 fully saturated rings. The van der Waals surface area contributed by atoms with E-state index in [0.29, 0.717) is 24.4 Å². The molecule has 2 aromatic rings. The van der Waals surface area contributed by atoms with Crippen LogP contribution in [-0.4, -0.2) is 22.0 Å². The number of nitrogen functional groups attached to an aromatic ring is 1. The van der Waals surface area contributed by atoms with E-state index in [1.54, 1.807) is 6.07 Å². The fourth-order valence-electron chi connectivity index (χ4n) is 2.59. The Bertz CT molecular complexity index is 916. The number of H-pyrrole nitrogens is 1. The number of halogens is 2.